The second-order valence-corrected chi connectivity index (χ2v) is 2.03. The van der Waals surface area contributed by atoms with E-state index in [1.54, 1.807) is 20.1 Å². The highest BCUT2D eigenvalue weighted by Gasteiger charge is 2.09. The SMILES string of the molecule is CC(C)[C@@H]([C]=O)N=C=O. The molecule has 0 fully saturated rings. The molecule has 0 aromatic carbocycles. The van der Waals surface area contributed by atoms with Crippen LogP contribution in [0.3, 0.4) is 0 Å². The molecule has 0 bridgehead atoms. The summed E-state index contributed by atoms with van der Waals surface area (Å²) in [5, 5.41) is 0. The lowest BCUT2D eigenvalue weighted by Gasteiger charge is -2.02. The minimum absolute atomic E-state index is 0.0314. The van der Waals surface area contributed by atoms with Crippen LogP contribution in [0.25, 0.3) is 0 Å². The summed E-state index contributed by atoms with van der Waals surface area (Å²) in [7, 11) is 0. The zero-order valence-electron chi connectivity index (χ0n) is 5.42. The molecule has 3 heteroatoms. The number of aliphatic imine (C=N–C) groups is 1. The Morgan fingerprint density at radius 1 is 1.33 bits per heavy atom. The third kappa shape index (κ3) is 2.77. The molecule has 0 saturated heterocycles. The summed E-state index contributed by atoms with van der Waals surface area (Å²) >= 11 is 0. The summed E-state index contributed by atoms with van der Waals surface area (Å²) in [6.45, 7) is 3.58. The van der Waals surface area contributed by atoms with Gasteiger partial charge in [0.2, 0.25) is 12.4 Å². The van der Waals surface area contributed by atoms with E-state index in [0.29, 0.717) is 0 Å². The van der Waals surface area contributed by atoms with Crippen molar-refractivity contribution >= 4 is 12.4 Å². The molecule has 49 valence electrons. The maximum atomic E-state index is 9.94. The van der Waals surface area contributed by atoms with E-state index in [2.05, 4.69) is 4.99 Å². The highest BCUT2D eigenvalue weighted by atomic mass is 16.1. The van der Waals surface area contributed by atoms with Crippen molar-refractivity contribution in [2.45, 2.75) is 19.9 Å². The molecule has 0 aliphatic rings. The van der Waals surface area contributed by atoms with Crippen LogP contribution < -0.4 is 0 Å². The molecule has 1 atom stereocenters. The Kier molecular flexibility index (Phi) is 3.56. The Labute approximate surface area is 53.8 Å². The molecule has 0 aliphatic heterocycles. The molecular weight excluding hydrogens is 118 g/mol. The molecule has 0 aromatic heterocycles. The summed E-state index contributed by atoms with van der Waals surface area (Å²) < 4.78 is 0. The van der Waals surface area contributed by atoms with E-state index in [0.717, 1.165) is 0 Å². The zero-order valence-corrected chi connectivity index (χ0v) is 5.42. The van der Waals surface area contributed by atoms with Crippen LogP contribution in [0.2, 0.25) is 0 Å². The van der Waals surface area contributed by atoms with Gasteiger partial charge >= 0.3 is 0 Å². The van der Waals surface area contributed by atoms with Crippen LogP contribution in [0.4, 0.5) is 0 Å². The highest BCUT2D eigenvalue weighted by Crippen LogP contribution is 2.00. The van der Waals surface area contributed by atoms with Crippen molar-refractivity contribution in [2.24, 2.45) is 10.9 Å². The van der Waals surface area contributed by atoms with Crippen LogP contribution in [0.15, 0.2) is 4.99 Å². The van der Waals surface area contributed by atoms with E-state index in [1.807, 2.05) is 0 Å². The van der Waals surface area contributed by atoms with Gasteiger partial charge in [-0.25, -0.2) is 4.79 Å². The number of nitrogens with zero attached hydrogens (tertiary/aromatic N) is 1. The van der Waals surface area contributed by atoms with Crippen molar-refractivity contribution in [3.8, 4) is 0 Å². The summed E-state index contributed by atoms with van der Waals surface area (Å²) in [6, 6.07) is -0.637. The average Bonchev–Trinajstić information content (AvgIpc) is 1.82. The molecule has 0 heterocycles. The molecule has 0 unspecified atom stereocenters. The second-order valence-electron chi connectivity index (χ2n) is 2.03. The fourth-order valence-electron chi connectivity index (χ4n) is 0.368. The Balaban J connectivity index is 3.97. The predicted molar refractivity (Wildman–Crippen MR) is 32.4 cm³/mol. The smallest absolute Gasteiger partial charge is 0.235 e. The van der Waals surface area contributed by atoms with Crippen molar-refractivity contribution in [3.63, 3.8) is 0 Å². The Hall–Kier alpha value is -0.950. The van der Waals surface area contributed by atoms with Gasteiger partial charge in [-0.1, -0.05) is 13.8 Å². The van der Waals surface area contributed by atoms with Gasteiger partial charge < -0.3 is 0 Å². The monoisotopic (exact) mass is 126 g/mol. The average molecular weight is 126 g/mol. The van der Waals surface area contributed by atoms with Gasteiger partial charge in [0.15, 0.2) is 0 Å². The largest absolute Gasteiger partial charge is 0.288 e. The predicted octanol–water partition coefficient (Wildman–Crippen LogP) is 0.457. The van der Waals surface area contributed by atoms with Gasteiger partial charge in [-0.2, -0.15) is 4.99 Å². The molecule has 0 aliphatic carbocycles. The number of carbonyl (C=O) groups excluding carboxylic acids is 2. The Bertz CT molecular complexity index is 136. The van der Waals surface area contributed by atoms with Gasteiger partial charge in [-0.05, 0) is 5.92 Å². The minimum atomic E-state index is -0.637. The lowest BCUT2D eigenvalue weighted by atomic mass is 10.1. The second kappa shape index (κ2) is 3.98. The van der Waals surface area contributed by atoms with E-state index >= 15 is 0 Å². The molecule has 1 radical (unpaired) electrons. The zero-order chi connectivity index (χ0) is 7.28. The number of hydrogen-bond donors (Lipinski definition) is 0. The standard InChI is InChI=1S/C6H8NO2/c1-5(2)6(3-8)7-4-9/h5-6H,1-2H3/t6-/m1/s1. The van der Waals surface area contributed by atoms with Crippen molar-refractivity contribution in [1.29, 1.82) is 0 Å². The molecule has 0 aromatic rings. The first-order valence-electron chi connectivity index (χ1n) is 2.67. The molecule has 0 saturated carbocycles. The van der Waals surface area contributed by atoms with Gasteiger partial charge in [-0.3, -0.25) is 4.79 Å². The third-order valence-electron chi connectivity index (χ3n) is 0.944. The topological polar surface area (TPSA) is 46.5 Å². The first kappa shape index (κ1) is 8.05. The molecule has 0 N–H and O–H groups in total. The van der Waals surface area contributed by atoms with Crippen LogP contribution in [0.5, 0.6) is 0 Å². The van der Waals surface area contributed by atoms with Crippen LogP contribution in [0, 0.1) is 5.92 Å². The van der Waals surface area contributed by atoms with Gasteiger partial charge in [0.1, 0.15) is 6.04 Å². The fourth-order valence-corrected chi connectivity index (χ4v) is 0.368. The van der Waals surface area contributed by atoms with Gasteiger partial charge in [-0.15, -0.1) is 0 Å². The minimum Gasteiger partial charge on any atom is -0.288 e. The van der Waals surface area contributed by atoms with Gasteiger partial charge in [0, 0.05) is 0 Å². The maximum absolute atomic E-state index is 9.94. The first-order valence-corrected chi connectivity index (χ1v) is 2.67. The summed E-state index contributed by atoms with van der Waals surface area (Å²) in [5.41, 5.74) is 0. The van der Waals surface area contributed by atoms with Crippen molar-refractivity contribution in [2.75, 3.05) is 0 Å². The van der Waals surface area contributed by atoms with E-state index in [9.17, 15) is 9.59 Å². The maximum Gasteiger partial charge on any atom is 0.235 e. The molecule has 0 rings (SSSR count). The van der Waals surface area contributed by atoms with Crippen LogP contribution in [0.1, 0.15) is 13.8 Å². The lowest BCUT2D eigenvalue weighted by molar-refractivity contribution is 0.501. The number of isocyanates is 1. The van der Waals surface area contributed by atoms with Crippen LogP contribution in [-0.4, -0.2) is 18.4 Å². The first-order chi connectivity index (χ1) is 4.22. The molecule has 3 nitrogen and oxygen atoms in total. The number of rotatable bonds is 3. The van der Waals surface area contributed by atoms with Crippen molar-refractivity contribution in [1.82, 2.24) is 0 Å². The molecular formula is C6H8NO2. The summed E-state index contributed by atoms with van der Waals surface area (Å²) in [6.07, 6.45) is 2.94. The van der Waals surface area contributed by atoms with Crippen molar-refractivity contribution in [3.05, 3.63) is 0 Å². The van der Waals surface area contributed by atoms with E-state index in [-0.39, 0.29) is 5.92 Å². The van der Waals surface area contributed by atoms with Gasteiger partial charge in [0.25, 0.3) is 0 Å². The molecule has 0 spiro atoms. The van der Waals surface area contributed by atoms with Crippen LogP contribution in [-0.2, 0) is 9.59 Å². The summed E-state index contributed by atoms with van der Waals surface area (Å²) in [4.78, 5) is 22.8. The third-order valence-corrected chi connectivity index (χ3v) is 0.944. The van der Waals surface area contributed by atoms with Gasteiger partial charge in [0.05, 0.1) is 0 Å². The van der Waals surface area contributed by atoms with E-state index in [1.165, 1.54) is 6.08 Å². The fraction of sp³-hybridized carbons (Fsp3) is 0.667. The van der Waals surface area contributed by atoms with E-state index in [4.69, 9.17) is 0 Å². The normalized spacial score (nSPS) is 12.3. The summed E-state index contributed by atoms with van der Waals surface area (Å²) in [5.74, 6) is 0.0314. The highest BCUT2D eigenvalue weighted by molar-refractivity contribution is 5.61. The lowest BCUT2D eigenvalue weighted by Crippen LogP contribution is -2.13. The van der Waals surface area contributed by atoms with Crippen molar-refractivity contribution < 1.29 is 9.59 Å². The van der Waals surface area contributed by atoms with Crippen LogP contribution >= 0.6 is 0 Å². The molecule has 9 heavy (non-hydrogen) atoms. The van der Waals surface area contributed by atoms with E-state index < -0.39 is 6.04 Å². The quantitative estimate of drug-likeness (QED) is 0.407. The molecule has 0 amide bonds. The Morgan fingerprint density at radius 3 is 2.00 bits per heavy atom. The number of hydrogen-bond acceptors (Lipinski definition) is 3. The Morgan fingerprint density at radius 2 is 1.89 bits per heavy atom.